The van der Waals surface area contributed by atoms with Crippen LogP contribution in [0.2, 0.25) is 5.02 Å². The molecular formula is C20H23ClN6O. The number of carbonyl (C=O) groups is 1. The maximum Gasteiger partial charge on any atom is 0.253 e. The summed E-state index contributed by atoms with van der Waals surface area (Å²) in [6.45, 7) is 3.92. The molecule has 1 atom stereocenters. The van der Waals surface area contributed by atoms with Crippen LogP contribution in [0.25, 0.3) is 11.0 Å². The van der Waals surface area contributed by atoms with Crippen molar-refractivity contribution in [3.8, 4) is 0 Å². The number of anilines is 1. The third-order valence-electron chi connectivity index (χ3n) is 5.32. The molecule has 3 aromatic rings. The molecular weight excluding hydrogens is 376 g/mol. The van der Waals surface area contributed by atoms with Crippen molar-refractivity contribution in [2.45, 2.75) is 18.9 Å². The second-order valence-corrected chi connectivity index (χ2v) is 8.03. The highest BCUT2D eigenvalue weighted by Gasteiger charge is 2.37. The molecule has 1 unspecified atom stereocenters. The van der Waals surface area contributed by atoms with Gasteiger partial charge in [-0.15, -0.1) is 0 Å². The predicted molar refractivity (Wildman–Crippen MR) is 111 cm³/mol. The molecule has 0 aliphatic carbocycles. The molecule has 146 valence electrons. The highest BCUT2D eigenvalue weighted by atomic mass is 35.5. The van der Waals surface area contributed by atoms with Crippen LogP contribution in [0.1, 0.15) is 22.3 Å². The number of hydrogen-bond donors (Lipinski definition) is 2. The number of halogens is 1. The largest absolute Gasteiger partial charge is 0.354 e. The Morgan fingerprint density at radius 3 is 2.86 bits per heavy atom. The van der Waals surface area contributed by atoms with Crippen LogP contribution in [0, 0.1) is 6.92 Å². The number of fused-ring (bicyclic) bond motifs is 1. The van der Waals surface area contributed by atoms with Gasteiger partial charge >= 0.3 is 0 Å². The minimum atomic E-state index is -0.502. The molecule has 0 saturated carbocycles. The van der Waals surface area contributed by atoms with Gasteiger partial charge in [-0.1, -0.05) is 11.6 Å². The lowest BCUT2D eigenvalue weighted by Gasteiger charge is -2.30. The second-order valence-electron chi connectivity index (χ2n) is 7.59. The summed E-state index contributed by atoms with van der Waals surface area (Å²) in [6.07, 6.45) is 4.29. The Balaban J connectivity index is 1.50. The minimum absolute atomic E-state index is 0.0640. The fourth-order valence-electron chi connectivity index (χ4n) is 3.90. The molecule has 8 heteroatoms. The Morgan fingerprint density at radius 2 is 2.11 bits per heavy atom. The van der Waals surface area contributed by atoms with Gasteiger partial charge < -0.3 is 20.5 Å². The number of nitrogens with two attached hydrogens (primary N) is 1. The third-order valence-corrected chi connectivity index (χ3v) is 5.57. The van der Waals surface area contributed by atoms with E-state index in [1.54, 1.807) is 42.5 Å². The van der Waals surface area contributed by atoms with E-state index in [0.717, 1.165) is 35.4 Å². The van der Waals surface area contributed by atoms with E-state index in [2.05, 4.69) is 19.9 Å². The number of H-pyrrole nitrogens is 1. The van der Waals surface area contributed by atoms with Crippen LogP contribution >= 0.6 is 11.6 Å². The zero-order chi connectivity index (χ0) is 19.9. The van der Waals surface area contributed by atoms with Crippen LogP contribution in [0.3, 0.4) is 0 Å². The van der Waals surface area contributed by atoms with Gasteiger partial charge in [-0.25, -0.2) is 9.97 Å². The molecule has 1 aliphatic heterocycles. The van der Waals surface area contributed by atoms with E-state index in [4.69, 9.17) is 17.3 Å². The van der Waals surface area contributed by atoms with Crippen LogP contribution in [0.4, 0.5) is 5.82 Å². The topological polar surface area (TPSA) is 91.1 Å². The Bertz CT molecular complexity index is 1020. The molecule has 3 heterocycles. The fourth-order valence-corrected chi connectivity index (χ4v) is 4.03. The van der Waals surface area contributed by atoms with Gasteiger partial charge in [0.15, 0.2) is 0 Å². The van der Waals surface area contributed by atoms with Gasteiger partial charge in [0.1, 0.15) is 17.8 Å². The molecule has 1 aliphatic rings. The van der Waals surface area contributed by atoms with E-state index in [1.165, 1.54) is 0 Å². The predicted octanol–water partition coefficient (Wildman–Crippen LogP) is 2.60. The molecule has 3 N–H and O–H groups in total. The summed E-state index contributed by atoms with van der Waals surface area (Å²) in [5, 5.41) is 1.63. The van der Waals surface area contributed by atoms with Crippen molar-refractivity contribution in [1.82, 2.24) is 19.9 Å². The number of aromatic amines is 1. The molecule has 0 spiro atoms. The first kappa shape index (κ1) is 18.7. The first-order chi connectivity index (χ1) is 13.4. The Hall–Kier alpha value is -2.64. The van der Waals surface area contributed by atoms with Gasteiger partial charge in [0, 0.05) is 43.5 Å². The summed E-state index contributed by atoms with van der Waals surface area (Å²) >= 11 is 5.91. The normalized spacial score (nSPS) is 19.4. The van der Waals surface area contributed by atoms with Gasteiger partial charge in [0.05, 0.1) is 10.9 Å². The summed E-state index contributed by atoms with van der Waals surface area (Å²) in [5.74, 6) is 0.827. The number of nitrogens with one attached hydrogen (secondary N) is 1. The van der Waals surface area contributed by atoms with Crippen molar-refractivity contribution < 1.29 is 4.79 Å². The van der Waals surface area contributed by atoms with E-state index in [0.29, 0.717) is 23.7 Å². The van der Waals surface area contributed by atoms with Crippen molar-refractivity contribution in [3.63, 3.8) is 0 Å². The quantitative estimate of drug-likeness (QED) is 0.704. The Morgan fingerprint density at radius 1 is 1.36 bits per heavy atom. The highest BCUT2D eigenvalue weighted by molar-refractivity contribution is 6.30. The number of benzene rings is 1. The molecule has 1 saturated heterocycles. The van der Waals surface area contributed by atoms with E-state index in [1.807, 2.05) is 13.1 Å². The average molecular weight is 399 g/mol. The summed E-state index contributed by atoms with van der Waals surface area (Å²) < 4.78 is 0. The van der Waals surface area contributed by atoms with Crippen LogP contribution in [0.5, 0.6) is 0 Å². The molecule has 28 heavy (non-hydrogen) atoms. The minimum Gasteiger partial charge on any atom is -0.354 e. The number of aromatic nitrogens is 3. The number of likely N-dealkylation sites (N-methyl/N-ethyl adjacent to an activating group) is 1. The van der Waals surface area contributed by atoms with E-state index in [-0.39, 0.29) is 5.91 Å². The molecule has 4 rings (SSSR count). The standard InChI is InChI=1S/C20H23ClN6O/c1-13-9-23-17-16(13)18(25-12-24-17)27-8-7-20(22,11-27)10-26(2)19(28)14-3-5-15(21)6-4-14/h3-6,9,12H,7-8,10-11,22H2,1-2H3,(H,23,24,25). The van der Waals surface area contributed by atoms with E-state index >= 15 is 0 Å². The van der Waals surface area contributed by atoms with Crippen LogP contribution in [-0.2, 0) is 0 Å². The van der Waals surface area contributed by atoms with Crippen molar-refractivity contribution in [3.05, 3.63) is 52.9 Å². The lowest BCUT2D eigenvalue weighted by Crippen LogP contribution is -2.52. The molecule has 0 radical (unpaired) electrons. The number of hydrogen-bond acceptors (Lipinski definition) is 5. The van der Waals surface area contributed by atoms with Gasteiger partial charge in [-0.2, -0.15) is 0 Å². The number of amides is 1. The Labute approximate surface area is 168 Å². The van der Waals surface area contributed by atoms with Gasteiger partial charge in [0.2, 0.25) is 0 Å². The van der Waals surface area contributed by atoms with Crippen LogP contribution in [-0.4, -0.2) is 58.0 Å². The smallest absolute Gasteiger partial charge is 0.253 e. The van der Waals surface area contributed by atoms with Crippen LogP contribution < -0.4 is 10.6 Å². The van der Waals surface area contributed by atoms with Crippen molar-refractivity contribution in [1.29, 1.82) is 0 Å². The second kappa shape index (κ2) is 7.07. The monoisotopic (exact) mass is 398 g/mol. The highest BCUT2D eigenvalue weighted by Crippen LogP contribution is 2.31. The van der Waals surface area contributed by atoms with Crippen molar-refractivity contribution in [2.75, 3.05) is 31.6 Å². The van der Waals surface area contributed by atoms with E-state index in [9.17, 15) is 4.79 Å². The molecule has 1 amide bonds. The first-order valence-corrected chi connectivity index (χ1v) is 9.58. The zero-order valence-electron chi connectivity index (χ0n) is 15.9. The Kier molecular flexibility index (Phi) is 4.72. The van der Waals surface area contributed by atoms with Gasteiger partial charge in [-0.05, 0) is 43.2 Å². The lowest BCUT2D eigenvalue weighted by atomic mass is 9.99. The van der Waals surface area contributed by atoms with Gasteiger partial charge in [-0.3, -0.25) is 4.79 Å². The third kappa shape index (κ3) is 3.43. The number of aryl methyl sites for hydroxylation is 1. The number of nitrogens with zero attached hydrogens (tertiary/aromatic N) is 4. The first-order valence-electron chi connectivity index (χ1n) is 9.20. The van der Waals surface area contributed by atoms with Gasteiger partial charge in [0.25, 0.3) is 5.91 Å². The lowest BCUT2D eigenvalue weighted by molar-refractivity contribution is 0.0765. The summed E-state index contributed by atoms with van der Waals surface area (Å²) in [4.78, 5) is 28.6. The molecule has 7 nitrogen and oxygen atoms in total. The molecule has 0 bridgehead atoms. The van der Waals surface area contributed by atoms with Crippen molar-refractivity contribution >= 4 is 34.4 Å². The summed E-state index contributed by atoms with van der Waals surface area (Å²) in [6, 6.07) is 6.91. The maximum absolute atomic E-state index is 12.7. The zero-order valence-corrected chi connectivity index (χ0v) is 16.7. The average Bonchev–Trinajstić information content (AvgIpc) is 3.25. The van der Waals surface area contributed by atoms with Crippen LogP contribution in [0.15, 0.2) is 36.8 Å². The SMILES string of the molecule is Cc1c[nH]c2ncnc(N3CCC(N)(CN(C)C(=O)c4ccc(Cl)cc4)C3)c12. The molecule has 2 aromatic heterocycles. The molecule has 1 aromatic carbocycles. The van der Waals surface area contributed by atoms with Crippen molar-refractivity contribution in [2.24, 2.45) is 5.73 Å². The number of rotatable bonds is 4. The fraction of sp³-hybridized carbons (Fsp3) is 0.350. The summed E-state index contributed by atoms with van der Waals surface area (Å²) in [5.41, 5.74) is 8.71. The van der Waals surface area contributed by atoms with E-state index < -0.39 is 5.54 Å². The summed E-state index contributed by atoms with van der Waals surface area (Å²) in [7, 11) is 1.79. The molecule has 1 fully saturated rings. The number of carbonyl (C=O) groups excluding carboxylic acids is 1. The maximum atomic E-state index is 12.7.